The highest BCUT2D eigenvalue weighted by Crippen LogP contribution is 2.29. The van der Waals surface area contributed by atoms with Gasteiger partial charge in [-0.05, 0) is 85.1 Å². The van der Waals surface area contributed by atoms with Gasteiger partial charge in [0.25, 0.3) is 0 Å². The van der Waals surface area contributed by atoms with Crippen LogP contribution in [0.25, 0.3) is 34.5 Å². The fourth-order valence-corrected chi connectivity index (χ4v) is 4.58. The van der Waals surface area contributed by atoms with Gasteiger partial charge in [-0.2, -0.15) is 4.57 Å². The normalized spacial score (nSPS) is 11.5. The molecule has 0 unspecified atom stereocenters. The lowest BCUT2D eigenvalue weighted by Gasteiger charge is -2.14. The lowest BCUT2D eigenvalue weighted by atomic mass is 10.00. The SMILES string of the molecule is CC(C)[n+]1c(/C=C/c2ccc(N(C)C)cc2)cc(-c2ccc(Br)cc2)cc1-c1ccc(Br)cc1.F[B-](F)(F)F. The van der Waals surface area contributed by atoms with Crippen LogP contribution in [-0.4, -0.2) is 21.3 Å². The van der Waals surface area contributed by atoms with Gasteiger partial charge in [-0.25, -0.2) is 0 Å². The molecule has 0 bridgehead atoms. The minimum absolute atomic E-state index is 0.299. The lowest BCUT2D eigenvalue weighted by molar-refractivity contribution is -0.707. The van der Waals surface area contributed by atoms with E-state index in [1.54, 1.807) is 0 Å². The summed E-state index contributed by atoms with van der Waals surface area (Å²) in [5.74, 6) is 0. The van der Waals surface area contributed by atoms with Gasteiger partial charge in [0, 0.05) is 52.5 Å². The third-order valence-corrected chi connectivity index (χ3v) is 6.88. The number of hydrogen-bond acceptors (Lipinski definition) is 1. The molecule has 39 heavy (non-hydrogen) atoms. The van der Waals surface area contributed by atoms with Crippen LogP contribution in [0.3, 0.4) is 0 Å². The van der Waals surface area contributed by atoms with Crippen LogP contribution < -0.4 is 9.47 Å². The number of pyridine rings is 1. The molecule has 0 aliphatic carbocycles. The van der Waals surface area contributed by atoms with E-state index in [9.17, 15) is 17.3 Å². The second-order valence-corrected chi connectivity index (χ2v) is 11.2. The predicted octanol–water partition coefficient (Wildman–Crippen LogP) is 9.95. The van der Waals surface area contributed by atoms with Gasteiger partial charge in [0.2, 0.25) is 11.4 Å². The quantitative estimate of drug-likeness (QED) is 0.113. The van der Waals surface area contributed by atoms with Gasteiger partial charge in [0.1, 0.15) is 0 Å². The molecule has 0 aliphatic rings. The molecule has 0 atom stereocenters. The summed E-state index contributed by atoms with van der Waals surface area (Å²) in [6, 6.07) is 30.6. The lowest BCUT2D eigenvalue weighted by Crippen LogP contribution is -2.41. The van der Waals surface area contributed by atoms with Crippen molar-refractivity contribution in [1.29, 1.82) is 0 Å². The summed E-state index contributed by atoms with van der Waals surface area (Å²) in [5.41, 5.74) is 8.34. The summed E-state index contributed by atoms with van der Waals surface area (Å²) < 4.78 is 43.6. The van der Waals surface area contributed by atoms with E-state index in [2.05, 4.69) is 166 Å². The summed E-state index contributed by atoms with van der Waals surface area (Å²) in [6.45, 7) is 4.48. The Kier molecular flexibility index (Phi) is 10.6. The van der Waals surface area contributed by atoms with Crippen LogP contribution in [-0.2, 0) is 0 Å². The van der Waals surface area contributed by atoms with E-state index < -0.39 is 7.25 Å². The fraction of sp³-hybridized carbons (Fsp3) is 0.167. The van der Waals surface area contributed by atoms with E-state index >= 15 is 0 Å². The van der Waals surface area contributed by atoms with E-state index in [0.29, 0.717) is 6.04 Å². The largest absolute Gasteiger partial charge is 0.673 e. The second-order valence-electron chi connectivity index (χ2n) is 9.35. The van der Waals surface area contributed by atoms with Crippen LogP contribution in [0.1, 0.15) is 31.1 Å². The second kappa shape index (κ2) is 13.4. The Labute approximate surface area is 244 Å². The molecule has 4 rings (SSSR count). The molecule has 204 valence electrons. The van der Waals surface area contributed by atoms with E-state index in [1.807, 2.05) is 0 Å². The van der Waals surface area contributed by atoms with Crippen molar-refractivity contribution < 1.29 is 21.8 Å². The number of benzene rings is 3. The number of anilines is 1. The maximum atomic E-state index is 9.75. The van der Waals surface area contributed by atoms with Gasteiger partial charge in [0.15, 0.2) is 6.04 Å². The monoisotopic (exact) mass is 662 g/mol. The third kappa shape index (κ3) is 9.36. The molecule has 4 aromatic rings. The minimum atomic E-state index is -6.00. The van der Waals surface area contributed by atoms with Crippen molar-refractivity contribution in [1.82, 2.24) is 0 Å². The maximum absolute atomic E-state index is 9.75. The summed E-state index contributed by atoms with van der Waals surface area (Å²) in [7, 11) is -1.87. The molecule has 0 saturated heterocycles. The minimum Gasteiger partial charge on any atom is -0.418 e. The van der Waals surface area contributed by atoms with E-state index in [4.69, 9.17) is 0 Å². The summed E-state index contributed by atoms with van der Waals surface area (Å²) in [5, 5.41) is 0. The van der Waals surface area contributed by atoms with Gasteiger partial charge >= 0.3 is 7.25 Å². The zero-order valence-electron chi connectivity index (χ0n) is 22.1. The summed E-state index contributed by atoms with van der Waals surface area (Å²) in [6.07, 6.45) is 4.43. The average Bonchev–Trinajstić information content (AvgIpc) is 2.87. The van der Waals surface area contributed by atoms with Gasteiger partial charge in [-0.3, -0.25) is 0 Å². The molecule has 0 saturated carbocycles. The van der Waals surface area contributed by atoms with Crippen LogP contribution in [0.2, 0.25) is 0 Å². The molecule has 2 nitrogen and oxygen atoms in total. The third-order valence-electron chi connectivity index (χ3n) is 5.82. The van der Waals surface area contributed by atoms with Crippen molar-refractivity contribution in [3.8, 4) is 22.4 Å². The molecule has 9 heteroatoms. The highest BCUT2D eigenvalue weighted by atomic mass is 79.9. The molecule has 0 spiro atoms. The van der Waals surface area contributed by atoms with Crippen molar-refractivity contribution >= 4 is 57.0 Å². The Morgan fingerprint density at radius 2 is 1.18 bits per heavy atom. The first-order valence-electron chi connectivity index (χ1n) is 12.3. The molecule has 0 amide bonds. The zero-order chi connectivity index (χ0) is 28.7. The van der Waals surface area contributed by atoms with Crippen molar-refractivity contribution in [3.05, 3.63) is 105 Å². The molecular formula is C30H29BBr2F4N2. The fourth-order valence-electron chi connectivity index (χ4n) is 4.05. The van der Waals surface area contributed by atoms with Gasteiger partial charge < -0.3 is 22.2 Å². The topological polar surface area (TPSA) is 7.12 Å². The number of nitrogens with zero attached hydrogens (tertiary/aromatic N) is 2. The Morgan fingerprint density at radius 1 is 0.692 bits per heavy atom. The zero-order valence-corrected chi connectivity index (χ0v) is 25.2. The summed E-state index contributed by atoms with van der Waals surface area (Å²) in [4.78, 5) is 2.12. The first-order valence-corrected chi connectivity index (χ1v) is 13.8. The predicted molar refractivity (Wildman–Crippen MR) is 163 cm³/mol. The Balaban J connectivity index is 0.000000771. The van der Waals surface area contributed by atoms with Crippen molar-refractivity contribution in [2.45, 2.75) is 19.9 Å². The summed E-state index contributed by atoms with van der Waals surface area (Å²) >= 11 is 7.14. The average molecular weight is 664 g/mol. The molecule has 0 radical (unpaired) electrons. The van der Waals surface area contributed by atoms with Crippen LogP contribution in [0.5, 0.6) is 0 Å². The van der Waals surface area contributed by atoms with E-state index in [0.717, 1.165) is 8.95 Å². The number of hydrogen-bond donors (Lipinski definition) is 0. The highest BCUT2D eigenvalue weighted by Gasteiger charge is 2.23. The Morgan fingerprint density at radius 3 is 1.64 bits per heavy atom. The first kappa shape index (κ1) is 30.6. The number of aromatic nitrogens is 1. The molecule has 1 heterocycles. The molecule has 0 N–H and O–H groups in total. The standard InChI is InChI=1S/C30H29Br2N2.BF4/c1-21(2)34-29(18-7-22-5-16-28(17-6-22)33(3)4)19-25(23-8-12-26(31)13-9-23)20-30(34)24-10-14-27(32)15-11-24;2-1(3,4)5/h5-21H,1-4H3;/q+1;-1. The van der Waals surface area contributed by atoms with Crippen LogP contribution in [0.4, 0.5) is 23.0 Å². The molecule has 0 aliphatic heterocycles. The van der Waals surface area contributed by atoms with Crippen LogP contribution >= 0.6 is 31.9 Å². The smallest absolute Gasteiger partial charge is 0.418 e. The van der Waals surface area contributed by atoms with E-state index in [1.165, 1.54) is 39.3 Å². The Hall–Kier alpha value is -2.91. The number of halogens is 6. The highest BCUT2D eigenvalue weighted by molar-refractivity contribution is 9.10. The van der Waals surface area contributed by atoms with E-state index in [-0.39, 0.29) is 0 Å². The molecular weight excluding hydrogens is 635 g/mol. The Bertz CT molecular complexity index is 1400. The van der Waals surface area contributed by atoms with Crippen LogP contribution in [0.15, 0.2) is 93.9 Å². The van der Waals surface area contributed by atoms with Crippen molar-refractivity contribution in [3.63, 3.8) is 0 Å². The van der Waals surface area contributed by atoms with Gasteiger partial charge in [-0.1, -0.05) is 56.1 Å². The number of rotatable bonds is 6. The molecule has 0 fully saturated rings. The molecule has 1 aromatic heterocycles. The van der Waals surface area contributed by atoms with Gasteiger partial charge in [-0.15, -0.1) is 0 Å². The maximum Gasteiger partial charge on any atom is 0.673 e. The van der Waals surface area contributed by atoms with Gasteiger partial charge in [0.05, 0.1) is 0 Å². The van der Waals surface area contributed by atoms with Crippen molar-refractivity contribution in [2.24, 2.45) is 0 Å². The van der Waals surface area contributed by atoms with Crippen LogP contribution in [0, 0.1) is 0 Å². The molecule has 3 aromatic carbocycles. The van der Waals surface area contributed by atoms with Crippen molar-refractivity contribution in [2.75, 3.05) is 19.0 Å². The first-order chi connectivity index (χ1) is 18.3.